The van der Waals surface area contributed by atoms with Gasteiger partial charge in [-0.25, -0.2) is 0 Å². The number of nitrogens with one attached hydrogen (secondary N) is 1. The average molecular weight is 403 g/mol. The predicted molar refractivity (Wildman–Crippen MR) is 101 cm³/mol. The molecular weight excluding hydrogens is 383 g/mol. The molecule has 0 radical (unpaired) electrons. The van der Waals surface area contributed by atoms with Crippen LogP contribution in [0.5, 0.6) is 0 Å². The lowest BCUT2D eigenvalue weighted by Gasteiger charge is -2.15. The summed E-state index contributed by atoms with van der Waals surface area (Å²) in [6.07, 6.45) is -4.46. The second-order valence-electron chi connectivity index (χ2n) is 6.85. The SMILES string of the molecule is Cc1ccc(C(C)NC(=O)Cn2nnc(-c3cccc(C(F)(F)F)c3)n2)cc1C. The van der Waals surface area contributed by atoms with Gasteiger partial charge < -0.3 is 5.32 Å². The third kappa shape index (κ3) is 4.98. The van der Waals surface area contributed by atoms with Gasteiger partial charge in [-0.2, -0.15) is 18.0 Å². The van der Waals surface area contributed by atoms with Crippen molar-refractivity contribution in [3.8, 4) is 11.4 Å². The largest absolute Gasteiger partial charge is 0.416 e. The summed E-state index contributed by atoms with van der Waals surface area (Å²) >= 11 is 0. The van der Waals surface area contributed by atoms with E-state index in [0.717, 1.165) is 28.1 Å². The van der Waals surface area contributed by atoms with Gasteiger partial charge in [0.15, 0.2) is 0 Å². The zero-order valence-corrected chi connectivity index (χ0v) is 16.2. The summed E-state index contributed by atoms with van der Waals surface area (Å²) in [6.45, 7) is 5.69. The van der Waals surface area contributed by atoms with Crippen molar-refractivity contribution < 1.29 is 18.0 Å². The Bertz CT molecular complexity index is 1030. The molecular formula is C20H20F3N5O. The van der Waals surface area contributed by atoms with E-state index in [0.29, 0.717) is 0 Å². The predicted octanol–water partition coefficient (Wildman–Crippen LogP) is 3.85. The Hall–Kier alpha value is -3.23. The van der Waals surface area contributed by atoms with E-state index in [2.05, 4.69) is 20.7 Å². The van der Waals surface area contributed by atoms with Gasteiger partial charge in [0.2, 0.25) is 11.7 Å². The summed E-state index contributed by atoms with van der Waals surface area (Å²) in [6, 6.07) is 10.4. The molecule has 1 atom stereocenters. The Morgan fingerprint density at radius 2 is 1.90 bits per heavy atom. The molecule has 0 aliphatic heterocycles. The van der Waals surface area contributed by atoms with Crippen LogP contribution in [0, 0.1) is 13.8 Å². The van der Waals surface area contributed by atoms with E-state index in [1.807, 2.05) is 39.0 Å². The Balaban J connectivity index is 1.67. The fraction of sp³-hybridized carbons (Fsp3) is 0.300. The molecule has 0 aliphatic carbocycles. The van der Waals surface area contributed by atoms with E-state index in [1.54, 1.807) is 0 Å². The van der Waals surface area contributed by atoms with E-state index in [9.17, 15) is 18.0 Å². The average Bonchev–Trinajstić information content (AvgIpc) is 3.11. The number of halogens is 3. The highest BCUT2D eigenvalue weighted by molar-refractivity contribution is 5.76. The van der Waals surface area contributed by atoms with Crippen LogP contribution in [0.4, 0.5) is 13.2 Å². The molecule has 1 unspecified atom stereocenters. The lowest BCUT2D eigenvalue weighted by Crippen LogP contribution is -2.30. The first-order valence-electron chi connectivity index (χ1n) is 8.95. The molecule has 6 nitrogen and oxygen atoms in total. The van der Waals surface area contributed by atoms with Crippen molar-refractivity contribution in [2.45, 2.75) is 39.5 Å². The molecule has 3 rings (SSSR count). The van der Waals surface area contributed by atoms with Crippen LogP contribution >= 0.6 is 0 Å². The molecule has 1 amide bonds. The number of hydrogen-bond donors (Lipinski definition) is 1. The molecule has 1 aromatic heterocycles. The van der Waals surface area contributed by atoms with E-state index in [-0.39, 0.29) is 29.9 Å². The van der Waals surface area contributed by atoms with Crippen LogP contribution in [-0.2, 0) is 17.5 Å². The molecule has 0 bridgehead atoms. The summed E-state index contributed by atoms with van der Waals surface area (Å²) < 4.78 is 38.6. The quantitative estimate of drug-likeness (QED) is 0.702. The fourth-order valence-electron chi connectivity index (χ4n) is 2.79. The molecule has 9 heteroatoms. The Labute approximate surface area is 165 Å². The van der Waals surface area contributed by atoms with Crippen LogP contribution in [-0.4, -0.2) is 26.1 Å². The number of alkyl halides is 3. The molecule has 0 fully saturated rings. The molecule has 0 saturated heterocycles. The fourth-order valence-corrected chi connectivity index (χ4v) is 2.79. The van der Waals surface area contributed by atoms with E-state index < -0.39 is 11.7 Å². The molecule has 1 N–H and O–H groups in total. The number of rotatable bonds is 5. The van der Waals surface area contributed by atoms with Crippen molar-refractivity contribution in [2.24, 2.45) is 0 Å². The second-order valence-corrected chi connectivity index (χ2v) is 6.85. The van der Waals surface area contributed by atoms with Gasteiger partial charge >= 0.3 is 6.18 Å². The normalized spacial score (nSPS) is 12.6. The van der Waals surface area contributed by atoms with Crippen LogP contribution in [0.3, 0.4) is 0 Å². The Kier molecular flexibility index (Phi) is 5.67. The highest BCUT2D eigenvalue weighted by Crippen LogP contribution is 2.31. The minimum absolute atomic E-state index is 0.0195. The highest BCUT2D eigenvalue weighted by Gasteiger charge is 2.30. The van der Waals surface area contributed by atoms with Crippen LogP contribution in [0.15, 0.2) is 42.5 Å². The number of benzene rings is 2. The van der Waals surface area contributed by atoms with Crippen molar-refractivity contribution in [3.63, 3.8) is 0 Å². The summed E-state index contributed by atoms with van der Waals surface area (Å²) in [7, 11) is 0. The molecule has 0 saturated carbocycles. The Morgan fingerprint density at radius 3 is 2.59 bits per heavy atom. The number of aryl methyl sites for hydroxylation is 2. The zero-order chi connectivity index (χ0) is 21.2. The van der Waals surface area contributed by atoms with Crippen molar-refractivity contribution in [2.75, 3.05) is 0 Å². The number of hydrogen-bond acceptors (Lipinski definition) is 4. The lowest BCUT2D eigenvalue weighted by molar-refractivity contribution is -0.137. The van der Waals surface area contributed by atoms with Crippen LogP contribution in [0.25, 0.3) is 11.4 Å². The third-order valence-electron chi connectivity index (χ3n) is 4.59. The monoisotopic (exact) mass is 403 g/mol. The van der Waals surface area contributed by atoms with Crippen LogP contribution in [0.1, 0.15) is 35.2 Å². The van der Waals surface area contributed by atoms with Gasteiger partial charge in [0.05, 0.1) is 11.6 Å². The maximum absolute atomic E-state index is 12.9. The number of carbonyl (C=O) groups excluding carboxylic acids is 1. The van der Waals surface area contributed by atoms with Crippen molar-refractivity contribution in [1.82, 2.24) is 25.5 Å². The van der Waals surface area contributed by atoms with Crippen molar-refractivity contribution in [3.05, 3.63) is 64.7 Å². The van der Waals surface area contributed by atoms with E-state index in [1.165, 1.54) is 17.7 Å². The smallest absolute Gasteiger partial charge is 0.348 e. The van der Waals surface area contributed by atoms with E-state index >= 15 is 0 Å². The van der Waals surface area contributed by atoms with Crippen molar-refractivity contribution in [1.29, 1.82) is 0 Å². The number of tetrazole rings is 1. The number of amides is 1. The van der Waals surface area contributed by atoms with Crippen molar-refractivity contribution >= 4 is 5.91 Å². The highest BCUT2D eigenvalue weighted by atomic mass is 19.4. The number of carbonyl (C=O) groups is 1. The molecule has 29 heavy (non-hydrogen) atoms. The zero-order valence-electron chi connectivity index (χ0n) is 16.2. The summed E-state index contributed by atoms with van der Waals surface area (Å²) in [4.78, 5) is 13.3. The molecule has 2 aromatic carbocycles. The van der Waals surface area contributed by atoms with Crippen LogP contribution < -0.4 is 5.32 Å². The maximum atomic E-state index is 12.9. The molecule has 0 spiro atoms. The van der Waals surface area contributed by atoms with Gasteiger partial charge in [-0.3, -0.25) is 4.79 Å². The maximum Gasteiger partial charge on any atom is 0.416 e. The molecule has 0 aliphatic rings. The minimum Gasteiger partial charge on any atom is -0.348 e. The van der Waals surface area contributed by atoms with Gasteiger partial charge in [0, 0.05) is 5.56 Å². The first-order valence-corrected chi connectivity index (χ1v) is 8.95. The lowest BCUT2D eigenvalue weighted by atomic mass is 10.0. The summed E-state index contributed by atoms with van der Waals surface area (Å²) in [5.74, 6) is -0.310. The second kappa shape index (κ2) is 8.02. The topological polar surface area (TPSA) is 72.7 Å². The van der Waals surface area contributed by atoms with Gasteiger partial charge in [-0.05, 0) is 54.8 Å². The van der Waals surface area contributed by atoms with Crippen LogP contribution in [0.2, 0.25) is 0 Å². The third-order valence-corrected chi connectivity index (χ3v) is 4.59. The standard InChI is InChI=1S/C20H20F3N5O/c1-12-7-8-15(9-13(12)2)14(3)24-18(29)11-28-26-19(25-27-28)16-5-4-6-17(10-16)20(21,22)23/h4-10,14H,11H2,1-3H3,(H,24,29). The number of aromatic nitrogens is 4. The molecule has 1 heterocycles. The van der Waals surface area contributed by atoms with Gasteiger partial charge in [0.25, 0.3) is 0 Å². The Morgan fingerprint density at radius 1 is 1.14 bits per heavy atom. The summed E-state index contributed by atoms with van der Waals surface area (Å²) in [5, 5.41) is 14.4. The van der Waals surface area contributed by atoms with Gasteiger partial charge in [-0.15, -0.1) is 10.2 Å². The van der Waals surface area contributed by atoms with E-state index in [4.69, 9.17) is 0 Å². The minimum atomic E-state index is -4.46. The van der Waals surface area contributed by atoms with Gasteiger partial charge in [-0.1, -0.05) is 30.3 Å². The van der Waals surface area contributed by atoms with Gasteiger partial charge in [0.1, 0.15) is 6.54 Å². The first kappa shape index (κ1) is 20.5. The first-order chi connectivity index (χ1) is 13.6. The summed E-state index contributed by atoms with van der Waals surface area (Å²) in [5.41, 5.74) is 2.65. The molecule has 3 aromatic rings. The molecule has 152 valence electrons. The number of nitrogens with zero attached hydrogens (tertiary/aromatic N) is 4.